The van der Waals surface area contributed by atoms with E-state index in [1.165, 1.54) is 11.3 Å². The van der Waals surface area contributed by atoms with Gasteiger partial charge in [-0.05, 0) is 32.3 Å². The molecule has 6 heteroatoms. The molecule has 0 saturated carbocycles. The second kappa shape index (κ2) is 7.35. The molecule has 3 rings (SSSR count). The Labute approximate surface area is 151 Å². The van der Waals surface area contributed by atoms with Crippen LogP contribution in [0.3, 0.4) is 0 Å². The molecule has 1 fully saturated rings. The van der Waals surface area contributed by atoms with Crippen LogP contribution in [-0.4, -0.2) is 39.5 Å². The molecule has 2 heterocycles. The van der Waals surface area contributed by atoms with Crippen LogP contribution in [0.4, 0.5) is 0 Å². The number of aliphatic carboxylic acids is 1. The van der Waals surface area contributed by atoms with Gasteiger partial charge in [-0.2, -0.15) is 0 Å². The van der Waals surface area contributed by atoms with Crippen LogP contribution in [0.2, 0.25) is 0 Å². The number of nitrogens with zero attached hydrogens (tertiary/aromatic N) is 2. The summed E-state index contributed by atoms with van der Waals surface area (Å²) in [5.74, 6) is -1.39. The number of aryl methyl sites for hydroxylation is 1. The molecule has 0 aliphatic carbocycles. The van der Waals surface area contributed by atoms with Crippen molar-refractivity contribution < 1.29 is 14.7 Å². The first kappa shape index (κ1) is 17.6. The third-order valence-corrected chi connectivity index (χ3v) is 5.87. The van der Waals surface area contributed by atoms with E-state index in [0.29, 0.717) is 17.7 Å². The number of carboxylic acid groups (broad SMARTS) is 1. The predicted octanol–water partition coefficient (Wildman–Crippen LogP) is 3.37. The molecule has 0 spiro atoms. The minimum atomic E-state index is -0.824. The number of benzene rings is 1. The summed E-state index contributed by atoms with van der Waals surface area (Å²) in [4.78, 5) is 31.1. The highest BCUT2D eigenvalue weighted by atomic mass is 32.1. The molecule has 25 heavy (non-hydrogen) atoms. The number of thiazole rings is 1. The fourth-order valence-electron chi connectivity index (χ4n) is 3.22. The van der Waals surface area contributed by atoms with Gasteiger partial charge in [-0.3, -0.25) is 9.59 Å². The van der Waals surface area contributed by atoms with Crippen molar-refractivity contribution in [1.82, 2.24) is 9.88 Å². The summed E-state index contributed by atoms with van der Waals surface area (Å²) < 4.78 is 0. The Bertz CT molecular complexity index is 772. The quantitative estimate of drug-likeness (QED) is 0.910. The van der Waals surface area contributed by atoms with Gasteiger partial charge in [-0.15, -0.1) is 11.3 Å². The van der Waals surface area contributed by atoms with E-state index in [2.05, 4.69) is 4.98 Å². The molecule has 1 aromatic carbocycles. The Kier molecular flexibility index (Phi) is 5.18. The number of hydrogen-bond donors (Lipinski definition) is 1. The van der Waals surface area contributed by atoms with Crippen LogP contribution in [-0.2, 0) is 11.2 Å². The van der Waals surface area contributed by atoms with E-state index in [1.54, 1.807) is 4.90 Å². The van der Waals surface area contributed by atoms with Gasteiger partial charge in [0.05, 0.1) is 16.6 Å². The summed E-state index contributed by atoms with van der Waals surface area (Å²) in [6, 6.07) is 10.1. The normalized spacial score (nSPS) is 20.5. The van der Waals surface area contributed by atoms with Gasteiger partial charge in [-0.25, -0.2) is 4.98 Å². The fraction of sp³-hybridized carbons (Fsp3) is 0.421. The molecule has 1 aromatic heterocycles. The smallest absolute Gasteiger partial charge is 0.308 e. The molecule has 2 unspecified atom stereocenters. The number of rotatable bonds is 4. The van der Waals surface area contributed by atoms with Gasteiger partial charge in [0.2, 0.25) is 0 Å². The Morgan fingerprint density at radius 2 is 2.00 bits per heavy atom. The van der Waals surface area contributed by atoms with Gasteiger partial charge in [0, 0.05) is 19.0 Å². The zero-order valence-electron chi connectivity index (χ0n) is 14.4. The second-order valence-corrected chi connectivity index (χ2v) is 7.69. The number of carbonyl (C=O) groups excluding carboxylic acids is 1. The highest BCUT2D eigenvalue weighted by Gasteiger charge is 2.34. The Morgan fingerprint density at radius 1 is 1.28 bits per heavy atom. The number of carbonyl (C=O) groups is 2. The molecule has 1 saturated heterocycles. The summed E-state index contributed by atoms with van der Waals surface area (Å²) >= 11 is 1.42. The second-order valence-electron chi connectivity index (χ2n) is 6.60. The molecule has 1 N–H and O–H groups in total. The maximum Gasteiger partial charge on any atom is 0.308 e. The molecule has 1 aliphatic rings. The van der Waals surface area contributed by atoms with E-state index in [4.69, 9.17) is 0 Å². The van der Waals surface area contributed by atoms with Crippen molar-refractivity contribution in [1.29, 1.82) is 0 Å². The van der Waals surface area contributed by atoms with Crippen LogP contribution in [0.25, 0.3) is 0 Å². The monoisotopic (exact) mass is 358 g/mol. The number of hydrogen-bond acceptors (Lipinski definition) is 4. The average Bonchev–Trinajstić information content (AvgIpc) is 2.95. The molecule has 132 valence electrons. The van der Waals surface area contributed by atoms with Gasteiger partial charge in [-0.1, -0.05) is 30.3 Å². The number of piperidine rings is 1. The number of likely N-dealkylation sites (tertiary alicyclic amines) is 1. The van der Waals surface area contributed by atoms with Crippen molar-refractivity contribution in [2.75, 3.05) is 6.54 Å². The third kappa shape index (κ3) is 3.90. The lowest BCUT2D eigenvalue weighted by Gasteiger charge is -2.36. The standard InChI is InChI=1S/C19H22N2O3S/c1-12-8-9-15(19(23)24)11-21(12)18(22)17-13(2)20-16(25-17)10-14-6-4-3-5-7-14/h3-7,12,15H,8-11H2,1-2H3,(H,23,24). The van der Waals surface area contributed by atoms with Crippen LogP contribution in [0.1, 0.15) is 45.7 Å². The average molecular weight is 358 g/mol. The Hall–Kier alpha value is -2.21. The van der Waals surface area contributed by atoms with Crippen molar-refractivity contribution in [2.24, 2.45) is 5.92 Å². The van der Waals surface area contributed by atoms with Gasteiger partial charge in [0.25, 0.3) is 5.91 Å². The van der Waals surface area contributed by atoms with Gasteiger partial charge in [0.1, 0.15) is 4.88 Å². The van der Waals surface area contributed by atoms with Crippen molar-refractivity contribution in [2.45, 2.75) is 39.2 Å². The third-order valence-electron chi connectivity index (χ3n) is 4.73. The zero-order valence-corrected chi connectivity index (χ0v) is 15.3. The molecule has 0 bridgehead atoms. The van der Waals surface area contributed by atoms with Crippen molar-refractivity contribution in [3.63, 3.8) is 0 Å². The highest BCUT2D eigenvalue weighted by molar-refractivity contribution is 7.13. The van der Waals surface area contributed by atoms with E-state index in [1.807, 2.05) is 44.2 Å². The van der Waals surface area contributed by atoms with Crippen LogP contribution in [0.5, 0.6) is 0 Å². The van der Waals surface area contributed by atoms with Crippen molar-refractivity contribution in [3.8, 4) is 0 Å². The molecule has 0 radical (unpaired) electrons. The molecule has 2 aromatic rings. The fourth-order valence-corrected chi connectivity index (χ4v) is 4.27. The van der Waals surface area contributed by atoms with E-state index >= 15 is 0 Å². The molecular weight excluding hydrogens is 336 g/mol. The van der Waals surface area contributed by atoms with Gasteiger partial charge < -0.3 is 10.0 Å². The summed E-state index contributed by atoms with van der Waals surface area (Å²) in [6.07, 6.45) is 2.05. The lowest BCUT2D eigenvalue weighted by Crippen LogP contribution is -2.47. The molecular formula is C19H22N2O3S. The Morgan fingerprint density at radius 3 is 2.68 bits per heavy atom. The summed E-state index contributed by atoms with van der Waals surface area (Å²) in [7, 11) is 0. The first-order valence-electron chi connectivity index (χ1n) is 8.49. The summed E-state index contributed by atoms with van der Waals surface area (Å²) in [5.41, 5.74) is 1.89. The first-order chi connectivity index (χ1) is 12.0. The van der Waals surface area contributed by atoms with E-state index in [9.17, 15) is 14.7 Å². The van der Waals surface area contributed by atoms with Crippen LogP contribution < -0.4 is 0 Å². The highest BCUT2D eigenvalue weighted by Crippen LogP contribution is 2.28. The lowest BCUT2D eigenvalue weighted by molar-refractivity contribution is -0.143. The SMILES string of the molecule is Cc1nc(Cc2ccccc2)sc1C(=O)N1CC(C(=O)O)CCC1C. The van der Waals surface area contributed by atoms with Crippen molar-refractivity contribution >= 4 is 23.2 Å². The molecule has 5 nitrogen and oxygen atoms in total. The maximum atomic E-state index is 13.0. The minimum absolute atomic E-state index is 0.0576. The van der Waals surface area contributed by atoms with E-state index < -0.39 is 11.9 Å². The molecule has 2 atom stereocenters. The van der Waals surface area contributed by atoms with Gasteiger partial charge in [0.15, 0.2) is 0 Å². The van der Waals surface area contributed by atoms with E-state index in [0.717, 1.165) is 22.7 Å². The maximum absolute atomic E-state index is 13.0. The first-order valence-corrected chi connectivity index (χ1v) is 9.31. The Balaban J connectivity index is 1.78. The number of carboxylic acids is 1. The summed E-state index contributed by atoms with van der Waals surface area (Å²) in [6.45, 7) is 4.11. The van der Waals surface area contributed by atoms with Crippen molar-refractivity contribution in [3.05, 3.63) is 51.5 Å². The largest absolute Gasteiger partial charge is 0.481 e. The number of aromatic nitrogens is 1. The van der Waals surface area contributed by atoms with Crippen LogP contribution >= 0.6 is 11.3 Å². The van der Waals surface area contributed by atoms with Gasteiger partial charge >= 0.3 is 5.97 Å². The minimum Gasteiger partial charge on any atom is -0.481 e. The van der Waals surface area contributed by atoms with Crippen LogP contribution in [0, 0.1) is 12.8 Å². The lowest BCUT2D eigenvalue weighted by atomic mass is 9.93. The molecule has 1 amide bonds. The molecule has 1 aliphatic heterocycles. The topological polar surface area (TPSA) is 70.5 Å². The summed E-state index contributed by atoms with van der Waals surface area (Å²) in [5, 5.41) is 10.2. The van der Waals surface area contributed by atoms with E-state index in [-0.39, 0.29) is 18.5 Å². The predicted molar refractivity (Wildman–Crippen MR) is 97.0 cm³/mol. The van der Waals surface area contributed by atoms with Crippen LogP contribution in [0.15, 0.2) is 30.3 Å². The number of amides is 1. The zero-order chi connectivity index (χ0) is 18.0.